The number of esters is 2. The van der Waals surface area contributed by atoms with Crippen LogP contribution in [0.2, 0.25) is 0 Å². The number of hydrogen-bond donors (Lipinski definition) is 0. The molecule has 0 aromatic heterocycles. The number of quaternary nitrogens is 1. The van der Waals surface area contributed by atoms with E-state index in [2.05, 4.69) is 160 Å². The Hall–Kier alpha value is -4.83. The van der Waals surface area contributed by atoms with Gasteiger partial charge < -0.3 is 33.3 Å². The van der Waals surface area contributed by atoms with E-state index in [1.165, 1.54) is 51.4 Å². The molecule has 0 aliphatic rings. The van der Waals surface area contributed by atoms with Crippen molar-refractivity contribution in [2.45, 2.75) is 232 Å². The quantitative estimate of drug-likeness (QED) is 0.0195. The van der Waals surface area contributed by atoms with Crippen molar-refractivity contribution in [3.05, 3.63) is 146 Å². The molecule has 0 fully saturated rings. The maximum Gasteiger partial charge on any atom is 0.306 e. The molecule has 9 nitrogen and oxygen atoms in total. The van der Waals surface area contributed by atoms with E-state index in [0.29, 0.717) is 17.4 Å². The maximum atomic E-state index is 12.9. The van der Waals surface area contributed by atoms with Gasteiger partial charge in [-0.25, -0.2) is 0 Å². The van der Waals surface area contributed by atoms with E-state index in [1.807, 2.05) is 21.1 Å². The van der Waals surface area contributed by atoms with Crippen LogP contribution in [0.5, 0.6) is 0 Å². The third-order valence-electron chi connectivity index (χ3n) is 12.6. The fraction of sp³-hybridized carbons (Fsp3) is 0.614. The van der Waals surface area contributed by atoms with Gasteiger partial charge >= 0.3 is 11.9 Å². The first-order valence-corrected chi connectivity index (χ1v) is 31.0. The lowest BCUT2D eigenvalue weighted by Gasteiger charge is -2.26. The zero-order chi connectivity index (χ0) is 57.6. The Morgan fingerprint density at radius 3 is 1.01 bits per heavy atom. The van der Waals surface area contributed by atoms with Crippen molar-refractivity contribution < 1.29 is 42.9 Å². The van der Waals surface area contributed by atoms with Gasteiger partial charge in [-0.05, 0) is 116 Å². The summed E-state index contributed by atoms with van der Waals surface area (Å²) in [6.45, 7) is 4.48. The summed E-state index contributed by atoms with van der Waals surface area (Å²) in [7, 11) is 5.91. The Morgan fingerprint density at radius 1 is 0.380 bits per heavy atom. The smallest absolute Gasteiger partial charge is 0.306 e. The zero-order valence-electron chi connectivity index (χ0n) is 50.7. The van der Waals surface area contributed by atoms with Crippen LogP contribution in [0.4, 0.5) is 0 Å². The number of allylic oxidation sites excluding steroid dienone is 24. The number of rotatable bonds is 55. The van der Waals surface area contributed by atoms with Crippen molar-refractivity contribution in [2.75, 3.05) is 47.5 Å². The zero-order valence-corrected chi connectivity index (χ0v) is 50.7. The number of hydrogen-bond acceptors (Lipinski definition) is 8. The summed E-state index contributed by atoms with van der Waals surface area (Å²) >= 11 is 0. The van der Waals surface area contributed by atoms with Gasteiger partial charge in [0.2, 0.25) is 0 Å². The minimum Gasteiger partial charge on any atom is -0.545 e. The first kappa shape index (κ1) is 74.2. The highest BCUT2D eigenvalue weighted by Gasteiger charge is 2.22. The summed E-state index contributed by atoms with van der Waals surface area (Å²) in [6, 6.07) is 0. The van der Waals surface area contributed by atoms with Gasteiger partial charge in [-0.2, -0.15) is 0 Å². The van der Waals surface area contributed by atoms with Gasteiger partial charge in [0.25, 0.3) is 0 Å². The average Bonchev–Trinajstić information content (AvgIpc) is 3.42. The number of likely N-dealkylation sites (N-methyl/N-ethyl adjacent to an activating group) is 1. The molecular formula is C70H113NO8. The monoisotopic (exact) mass is 1100 g/mol. The van der Waals surface area contributed by atoms with Gasteiger partial charge in [-0.15, -0.1) is 0 Å². The minimum absolute atomic E-state index is 0.136. The van der Waals surface area contributed by atoms with Gasteiger partial charge in [-0.1, -0.05) is 237 Å². The van der Waals surface area contributed by atoms with Crippen LogP contribution >= 0.6 is 0 Å². The molecule has 0 saturated heterocycles. The molecule has 0 saturated carbocycles. The number of carboxylic acids is 1. The Kier molecular flexibility index (Phi) is 55.7. The van der Waals surface area contributed by atoms with E-state index in [4.69, 9.17) is 18.9 Å². The summed E-state index contributed by atoms with van der Waals surface area (Å²) < 4.78 is 22.7. The van der Waals surface area contributed by atoms with Crippen molar-refractivity contribution in [3.8, 4) is 0 Å². The first-order chi connectivity index (χ1) is 38.6. The lowest BCUT2D eigenvalue weighted by molar-refractivity contribution is -0.870. The first-order valence-electron chi connectivity index (χ1n) is 31.0. The largest absolute Gasteiger partial charge is 0.545 e. The number of carbonyl (C=O) groups excluding carboxylic acids is 3. The number of aliphatic carboxylic acids is 1. The molecule has 2 unspecified atom stereocenters. The van der Waals surface area contributed by atoms with Crippen LogP contribution in [0.3, 0.4) is 0 Å². The number of carbonyl (C=O) groups is 3. The van der Waals surface area contributed by atoms with E-state index in [9.17, 15) is 19.5 Å². The number of ether oxygens (including phenoxy) is 4. The molecule has 0 spiro atoms. The Bertz CT molecular complexity index is 1800. The maximum absolute atomic E-state index is 12.9. The molecule has 0 rings (SSSR count). The van der Waals surface area contributed by atoms with E-state index >= 15 is 0 Å². The van der Waals surface area contributed by atoms with Crippen molar-refractivity contribution >= 4 is 17.9 Å². The average molecular weight is 1100 g/mol. The molecule has 2 atom stereocenters. The normalized spacial score (nSPS) is 13.8. The van der Waals surface area contributed by atoms with Crippen LogP contribution in [0.1, 0.15) is 219 Å². The molecule has 0 amide bonds. The van der Waals surface area contributed by atoms with E-state index in [1.54, 1.807) is 0 Å². The van der Waals surface area contributed by atoms with E-state index in [0.717, 1.165) is 135 Å². The number of nitrogens with zero attached hydrogens (tertiary/aromatic N) is 1. The summed E-state index contributed by atoms with van der Waals surface area (Å²) in [4.78, 5) is 37.4. The predicted molar refractivity (Wildman–Crippen MR) is 333 cm³/mol. The van der Waals surface area contributed by atoms with Crippen molar-refractivity contribution in [1.82, 2.24) is 0 Å². The molecule has 0 aliphatic carbocycles. The molecule has 79 heavy (non-hydrogen) atoms. The lowest BCUT2D eigenvalue weighted by atomic mass is 10.1. The van der Waals surface area contributed by atoms with Crippen molar-refractivity contribution in [1.29, 1.82) is 0 Å². The van der Waals surface area contributed by atoms with Gasteiger partial charge in [0.05, 0.1) is 40.3 Å². The van der Waals surface area contributed by atoms with E-state index < -0.39 is 24.3 Å². The van der Waals surface area contributed by atoms with Crippen LogP contribution in [0.15, 0.2) is 146 Å². The number of unbranched alkanes of at least 4 members (excludes halogenated alkanes) is 16. The standard InChI is InChI=1S/C70H113NO8/c1-6-8-10-12-14-16-18-20-22-24-26-28-30-31-32-33-34-35-36-37-39-41-43-45-47-49-51-53-55-57-59-61-68(73)79-66(65-78-70(69(74)75)76-63-62-71(3,4)5)64-77-67(72)60-58-56-54-52-50-48-46-44-42-40-38-29-27-25-23-21-19-17-15-13-11-9-7-2/h8-11,14-17,20-23,26-29,31-32,34-35,37,39-40,42,66,70H,6-7,12-13,18-19,24-25,30,33,36,38,41,43-65H2,1-5H3/b10-8-,11-9-,16-14-,17-15-,22-20-,23-21-,28-26-,29-27-,32-31-,35-34-,39-37-,42-40-. The van der Waals surface area contributed by atoms with E-state index in [-0.39, 0.29) is 38.6 Å². The fourth-order valence-electron chi connectivity index (χ4n) is 7.90. The molecule has 446 valence electrons. The van der Waals surface area contributed by atoms with Crippen LogP contribution in [-0.4, -0.2) is 82.3 Å². The second-order valence-corrected chi connectivity index (χ2v) is 21.2. The highest BCUT2D eigenvalue weighted by Crippen LogP contribution is 2.15. The Morgan fingerprint density at radius 2 is 0.684 bits per heavy atom. The molecule has 0 bridgehead atoms. The Balaban J connectivity index is 4.28. The number of carboxylic acid groups (broad SMARTS) is 1. The summed E-state index contributed by atoms with van der Waals surface area (Å²) in [5.74, 6) is -2.32. The van der Waals surface area contributed by atoms with Gasteiger partial charge in [0.1, 0.15) is 13.2 Å². The predicted octanol–water partition coefficient (Wildman–Crippen LogP) is 17.5. The molecule has 0 aromatic rings. The Labute approximate surface area is 483 Å². The summed E-state index contributed by atoms with van der Waals surface area (Å²) in [5.41, 5.74) is 0. The summed E-state index contributed by atoms with van der Waals surface area (Å²) in [5, 5.41) is 11.8. The third kappa shape index (κ3) is 60.7. The topological polar surface area (TPSA) is 111 Å². The second-order valence-electron chi connectivity index (χ2n) is 21.2. The molecule has 0 aliphatic heterocycles. The van der Waals surface area contributed by atoms with Gasteiger partial charge in [0.15, 0.2) is 12.4 Å². The van der Waals surface area contributed by atoms with Gasteiger partial charge in [0, 0.05) is 12.8 Å². The van der Waals surface area contributed by atoms with Crippen LogP contribution in [0, 0.1) is 0 Å². The SMILES string of the molecule is CC/C=C\C/C=C\C/C=C\C/C=C\C/C=C\C/C=C\C/C=C\CCCCCCCCCCCC(=O)OC(COC(=O)CCCCCCCCC/C=C\C/C=C\C/C=C\C/C=C\C/C=C\CC)COC(OCC[N+](C)(C)C)C(=O)[O-]. The lowest BCUT2D eigenvalue weighted by Crippen LogP contribution is -2.44. The molecule has 0 heterocycles. The molecule has 0 radical (unpaired) electrons. The highest BCUT2D eigenvalue weighted by molar-refractivity contribution is 5.70. The molecule has 9 heteroatoms. The highest BCUT2D eigenvalue weighted by atomic mass is 16.7. The molecule has 0 N–H and O–H groups in total. The van der Waals surface area contributed by atoms with Gasteiger partial charge in [-0.3, -0.25) is 9.59 Å². The molecular weight excluding hydrogens is 983 g/mol. The van der Waals surface area contributed by atoms with Crippen LogP contribution in [0.25, 0.3) is 0 Å². The van der Waals surface area contributed by atoms with Crippen LogP contribution in [-0.2, 0) is 33.3 Å². The fourth-order valence-corrected chi connectivity index (χ4v) is 7.90. The summed E-state index contributed by atoms with van der Waals surface area (Å²) in [6.07, 6.45) is 83.2. The molecule has 0 aromatic carbocycles. The minimum atomic E-state index is -1.64. The van der Waals surface area contributed by atoms with Crippen molar-refractivity contribution in [3.63, 3.8) is 0 Å². The van der Waals surface area contributed by atoms with Crippen molar-refractivity contribution in [2.24, 2.45) is 0 Å². The second kappa shape index (κ2) is 59.3. The third-order valence-corrected chi connectivity index (χ3v) is 12.6. The van der Waals surface area contributed by atoms with Crippen LogP contribution < -0.4 is 5.11 Å².